The van der Waals surface area contributed by atoms with Crippen molar-refractivity contribution in [1.82, 2.24) is 15.4 Å². The Bertz CT molecular complexity index is 402. The third-order valence-corrected chi connectivity index (χ3v) is 3.52. The second-order valence-electron chi connectivity index (χ2n) is 4.84. The molecule has 0 saturated carbocycles. The van der Waals surface area contributed by atoms with Gasteiger partial charge in [-0.1, -0.05) is 5.16 Å². The molecule has 1 aromatic heterocycles. The quantitative estimate of drug-likeness (QED) is 0.881. The Morgan fingerprint density at radius 3 is 2.83 bits per heavy atom. The van der Waals surface area contributed by atoms with Gasteiger partial charge in [0.05, 0.1) is 5.69 Å². The molecular formula is C13H21N3O2. The van der Waals surface area contributed by atoms with Gasteiger partial charge in [-0.3, -0.25) is 4.79 Å². The molecule has 1 aliphatic rings. The minimum atomic E-state index is 0.0300. The molecule has 1 aliphatic heterocycles. The van der Waals surface area contributed by atoms with Crippen molar-refractivity contribution in [2.75, 3.05) is 19.6 Å². The van der Waals surface area contributed by atoms with Crippen molar-refractivity contribution in [3.8, 4) is 0 Å². The van der Waals surface area contributed by atoms with Crippen LogP contribution in [0.15, 0.2) is 4.52 Å². The smallest absolute Gasteiger partial charge is 0.259 e. The van der Waals surface area contributed by atoms with Crippen LogP contribution in [0.2, 0.25) is 0 Å². The highest BCUT2D eigenvalue weighted by Gasteiger charge is 2.25. The first-order chi connectivity index (χ1) is 8.63. The molecule has 1 unspecified atom stereocenters. The molecule has 5 heteroatoms. The predicted octanol–water partition coefficient (Wildman–Crippen LogP) is 1.51. The Hall–Kier alpha value is -1.36. The van der Waals surface area contributed by atoms with Crippen LogP contribution in [0.5, 0.6) is 0 Å². The van der Waals surface area contributed by atoms with Crippen LogP contribution in [0.3, 0.4) is 0 Å². The topological polar surface area (TPSA) is 58.4 Å². The van der Waals surface area contributed by atoms with E-state index in [1.165, 1.54) is 6.42 Å². The zero-order chi connectivity index (χ0) is 13.1. The third-order valence-electron chi connectivity index (χ3n) is 3.52. The van der Waals surface area contributed by atoms with Crippen LogP contribution >= 0.6 is 0 Å². The van der Waals surface area contributed by atoms with Crippen molar-refractivity contribution in [3.63, 3.8) is 0 Å². The highest BCUT2D eigenvalue weighted by atomic mass is 16.5. The van der Waals surface area contributed by atoms with Crippen molar-refractivity contribution in [1.29, 1.82) is 0 Å². The first kappa shape index (κ1) is 13.1. The molecule has 2 rings (SSSR count). The number of amides is 1. The molecule has 2 heterocycles. The van der Waals surface area contributed by atoms with Crippen LogP contribution in [0.1, 0.15) is 41.6 Å². The average Bonchev–Trinajstić information content (AvgIpc) is 2.96. The molecular weight excluding hydrogens is 230 g/mol. The van der Waals surface area contributed by atoms with Crippen LogP contribution < -0.4 is 5.32 Å². The highest BCUT2D eigenvalue weighted by Crippen LogP contribution is 2.16. The van der Waals surface area contributed by atoms with Gasteiger partial charge in [-0.25, -0.2) is 0 Å². The molecule has 5 nitrogen and oxygen atoms in total. The number of rotatable bonds is 4. The average molecular weight is 251 g/mol. The highest BCUT2D eigenvalue weighted by molar-refractivity contribution is 5.96. The Labute approximate surface area is 108 Å². The molecule has 1 aromatic rings. The fraction of sp³-hybridized carbons (Fsp3) is 0.692. The molecule has 1 N–H and O–H groups in total. The minimum absolute atomic E-state index is 0.0300. The van der Waals surface area contributed by atoms with Crippen LogP contribution in [-0.2, 0) is 0 Å². The van der Waals surface area contributed by atoms with Crippen LogP contribution in [0, 0.1) is 13.8 Å². The number of nitrogens with one attached hydrogen (secondary N) is 1. The first-order valence-electron chi connectivity index (χ1n) is 6.59. The van der Waals surface area contributed by atoms with E-state index < -0.39 is 0 Å². The zero-order valence-corrected chi connectivity index (χ0v) is 11.3. The van der Waals surface area contributed by atoms with Gasteiger partial charge in [0, 0.05) is 19.1 Å². The fourth-order valence-electron chi connectivity index (χ4n) is 2.48. The number of hydrogen-bond acceptors (Lipinski definition) is 4. The summed E-state index contributed by atoms with van der Waals surface area (Å²) < 4.78 is 5.07. The first-order valence-corrected chi connectivity index (χ1v) is 6.59. The molecule has 0 bridgehead atoms. The van der Waals surface area contributed by atoms with E-state index in [1.54, 1.807) is 6.92 Å². The second-order valence-corrected chi connectivity index (χ2v) is 4.84. The largest absolute Gasteiger partial charge is 0.361 e. The van der Waals surface area contributed by atoms with Crippen molar-refractivity contribution in [2.45, 2.75) is 39.7 Å². The molecule has 0 aliphatic carbocycles. The van der Waals surface area contributed by atoms with Crippen molar-refractivity contribution in [3.05, 3.63) is 17.0 Å². The van der Waals surface area contributed by atoms with E-state index in [2.05, 4.69) is 10.5 Å². The number of aromatic nitrogens is 1. The van der Waals surface area contributed by atoms with E-state index in [4.69, 9.17) is 4.52 Å². The summed E-state index contributed by atoms with van der Waals surface area (Å²) >= 11 is 0. The van der Waals surface area contributed by atoms with Crippen LogP contribution in [-0.4, -0.2) is 41.6 Å². The minimum Gasteiger partial charge on any atom is -0.361 e. The SMILES string of the molecule is CCN(CC1CCCN1)C(=O)c1c(C)noc1C. The molecule has 0 aromatic carbocycles. The van der Waals surface area contributed by atoms with Gasteiger partial charge in [0.2, 0.25) is 0 Å². The summed E-state index contributed by atoms with van der Waals surface area (Å²) in [7, 11) is 0. The third kappa shape index (κ3) is 2.56. The van der Waals surface area contributed by atoms with E-state index in [1.807, 2.05) is 18.7 Å². The number of carbonyl (C=O) groups is 1. The molecule has 1 amide bonds. The lowest BCUT2D eigenvalue weighted by Crippen LogP contribution is -2.41. The summed E-state index contributed by atoms with van der Waals surface area (Å²) in [5.74, 6) is 0.637. The second kappa shape index (κ2) is 5.52. The summed E-state index contributed by atoms with van der Waals surface area (Å²) in [6.07, 6.45) is 2.34. The molecule has 1 atom stereocenters. The zero-order valence-electron chi connectivity index (χ0n) is 11.3. The number of nitrogens with zero attached hydrogens (tertiary/aromatic N) is 2. The normalized spacial score (nSPS) is 19.2. The van der Waals surface area contributed by atoms with Crippen molar-refractivity contribution < 1.29 is 9.32 Å². The maximum atomic E-state index is 12.5. The van der Waals surface area contributed by atoms with Crippen LogP contribution in [0.25, 0.3) is 0 Å². The number of carbonyl (C=O) groups excluding carboxylic acids is 1. The summed E-state index contributed by atoms with van der Waals surface area (Å²) in [4.78, 5) is 14.3. The van der Waals surface area contributed by atoms with E-state index in [0.717, 1.165) is 19.5 Å². The number of hydrogen-bond donors (Lipinski definition) is 1. The van der Waals surface area contributed by atoms with E-state index in [0.29, 0.717) is 29.6 Å². The maximum Gasteiger partial charge on any atom is 0.259 e. The van der Waals surface area contributed by atoms with E-state index >= 15 is 0 Å². The van der Waals surface area contributed by atoms with Gasteiger partial charge >= 0.3 is 0 Å². The Kier molecular flexibility index (Phi) is 4.01. The van der Waals surface area contributed by atoms with E-state index in [-0.39, 0.29) is 5.91 Å². The number of likely N-dealkylation sites (N-methyl/N-ethyl adjacent to an activating group) is 1. The lowest BCUT2D eigenvalue weighted by molar-refractivity contribution is 0.0749. The molecule has 1 saturated heterocycles. The van der Waals surface area contributed by atoms with E-state index in [9.17, 15) is 4.79 Å². The predicted molar refractivity (Wildman–Crippen MR) is 68.6 cm³/mol. The Morgan fingerprint density at radius 1 is 1.56 bits per heavy atom. The Balaban J connectivity index is 2.09. The van der Waals surface area contributed by atoms with Crippen molar-refractivity contribution >= 4 is 5.91 Å². The van der Waals surface area contributed by atoms with Gasteiger partial charge in [0.15, 0.2) is 0 Å². The molecule has 0 spiro atoms. The molecule has 0 radical (unpaired) electrons. The fourth-order valence-corrected chi connectivity index (χ4v) is 2.48. The van der Waals surface area contributed by atoms with Gasteiger partial charge in [-0.05, 0) is 40.2 Å². The molecule has 100 valence electrons. The Morgan fingerprint density at radius 2 is 2.33 bits per heavy atom. The van der Waals surface area contributed by atoms with Crippen LogP contribution in [0.4, 0.5) is 0 Å². The van der Waals surface area contributed by atoms with Gasteiger partial charge in [0.25, 0.3) is 5.91 Å². The van der Waals surface area contributed by atoms with Gasteiger partial charge in [-0.2, -0.15) is 0 Å². The summed E-state index contributed by atoms with van der Waals surface area (Å²) in [5.41, 5.74) is 1.30. The molecule has 18 heavy (non-hydrogen) atoms. The summed E-state index contributed by atoms with van der Waals surface area (Å²) in [6.45, 7) is 8.13. The van der Waals surface area contributed by atoms with Gasteiger partial charge < -0.3 is 14.7 Å². The summed E-state index contributed by atoms with van der Waals surface area (Å²) in [5, 5.41) is 7.27. The number of aryl methyl sites for hydroxylation is 2. The standard InChI is InChI=1S/C13H21N3O2/c1-4-16(8-11-6-5-7-14-11)13(17)12-9(2)15-18-10(12)3/h11,14H,4-8H2,1-3H3. The summed E-state index contributed by atoms with van der Waals surface area (Å²) in [6, 6.07) is 0.425. The molecule has 1 fully saturated rings. The monoisotopic (exact) mass is 251 g/mol. The van der Waals surface area contributed by atoms with Gasteiger partial charge in [-0.15, -0.1) is 0 Å². The lowest BCUT2D eigenvalue weighted by Gasteiger charge is -2.24. The maximum absolute atomic E-state index is 12.5. The van der Waals surface area contributed by atoms with Crippen molar-refractivity contribution in [2.24, 2.45) is 0 Å². The lowest BCUT2D eigenvalue weighted by atomic mass is 10.1. The van der Waals surface area contributed by atoms with Gasteiger partial charge in [0.1, 0.15) is 11.3 Å².